The minimum absolute atomic E-state index is 0.0383. The number of hydrogen-bond donors (Lipinski definition) is 1. The fourth-order valence-corrected chi connectivity index (χ4v) is 3.14. The van der Waals surface area contributed by atoms with Gasteiger partial charge in [-0.15, -0.1) is 6.58 Å². The summed E-state index contributed by atoms with van der Waals surface area (Å²) in [5, 5.41) is 2.86. The highest BCUT2D eigenvalue weighted by Crippen LogP contribution is 2.37. The first-order chi connectivity index (χ1) is 11.1. The van der Waals surface area contributed by atoms with Gasteiger partial charge in [0.2, 0.25) is 11.8 Å². The van der Waals surface area contributed by atoms with E-state index in [0.29, 0.717) is 25.9 Å². The molecular weight excluding hydrogens is 292 g/mol. The molecule has 1 aliphatic rings. The lowest BCUT2D eigenvalue weighted by atomic mass is 9.83. The minimum Gasteiger partial charge on any atom is -0.497 e. The lowest BCUT2D eigenvalue weighted by Gasteiger charge is -2.40. The molecule has 5 heteroatoms. The van der Waals surface area contributed by atoms with Crippen LogP contribution in [0.4, 0.5) is 0 Å². The first kappa shape index (κ1) is 17.1. The fourth-order valence-electron chi connectivity index (χ4n) is 3.14. The van der Waals surface area contributed by atoms with Crippen molar-refractivity contribution in [2.24, 2.45) is 5.92 Å². The lowest BCUT2D eigenvalue weighted by Crippen LogP contribution is -2.48. The van der Waals surface area contributed by atoms with Crippen molar-refractivity contribution in [1.29, 1.82) is 0 Å². The van der Waals surface area contributed by atoms with E-state index >= 15 is 0 Å². The Balaban J connectivity index is 2.37. The largest absolute Gasteiger partial charge is 0.497 e. The molecule has 1 saturated heterocycles. The second-order valence-corrected chi connectivity index (χ2v) is 5.58. The van der Waals surface area contributed by atoms with Gasteiger partial charge < -0.3 is 15.0 Å². The Morgan fingerprint density at radius 3 is 2.96 bits per heavy atom. The average molecular weight is 316 g/mol. The molecule has 2 rings (SSSR count). The number of methoxy groups -OCH3 is 1. The molecule has 23 heavy (non-hydrogen) atoms. The molecule has 1 heterocycles. The summed E-state index contributed by atoms with van der Waals surface area (Å²) >= 11 is 0. The predicted octanol–water partition coefficient (Wildman–Crippen LogP) is 2.30. The van der Waals surface area contributed by atoms with Crippen LogP contribution >= 0.6 is 0 Å². The van der Waals surface area contributed by atoms with Gasteiger partial charge in [-0.2, -0.15) is 0 Å². The number of carbonyl (C=O) groups is 2. The van der Waals surface area contributed by atoms with Crippen LogP contribution in [-0.4, -0.2) is 36.9 Å². The number of amides is 2. The third-order valence-corrected chi connectivity index (χ3v) is 4.24. The van der Waals surface area contributed by atoms with Gasteiger partial charge in [-0.1, -0.05) is 18.2 Å². The normalized spacial score (nSPS) is 21.0. The monoisotopic (exact) mass is 316 g/mol. The summed E-state index contributed by atoms with van der Waals surface area (Å²) in [7, 11) is 1.61. The molecular formula is C18H24N2O3. The Hall–Kier alpha value is -2.30. The van der Waals surface area contributed by atoms with Crippen LogP contribution < -0.4 is 10.1 Å². The summed E-state index contributed by atoms with van der Waals surface area (Å²) in [5.41, 5.74) is 0.929. The van der Waals surface area contributed by atoms with E-state index in [1.807, 2.05) is 31.2 Å². The molecule has 5 nitrogen and oxygen atoms in total. The minimum atomic E-state index is -0.264. The number of carbonyl (C=O) groups excluding carboxylic acids is 2. The number of nitrogens with zero attached hydrogens (tertiary/aromatic N) is 1. The summed E-state index contributed by atoms with van der Waals surface area (Å²) in [6.45, 7) is 6.57. The number of likely N-dealkylation sites (tertiary alicyclic amines) is 1. The molecule has 1 aromatic rings. The Morgan fingerprint density at radius 1 is 1.52 bits per heavy atom. The number of nitrogens with one attached hydrogen (secondary N) is 1. The highest BCUT2D eigenvalue weighted by atomic mass is 16.5. The zero-order chi connectivity index (χ0) is 16.8. The lowest BCUT2D eigenvalue weighted by molar-refractivity contribution is -0.143. The number of piperidine rings is 1. The van der Waals surface area contributed by atoms with E-state index in [2.05, 4.69) is 11.9 Å². The third-order valence-electron chi connectivity index (χ3n) is 4.24. The molecule has 0 spiro atoms. The maximum Gasteiger partial charge on any atom is 0.225 e. The number of benzene rings is 1. The first-order valence-corrected chi connectivity index (χ1v) is 7.94. The number of rotatable bonds is 6. The predicted molar refractivity (Wildman–Crippen MR) is 89.1 cm³/mol. The van der Waals surface area contributed by atoms with Crippen molar-refractivity contribution < 1.29 is 14.3 Å². The van der Waals surface area contributed by atoms with E-state index in [4.69, 9.17) is 4.74 Å². The summed E-state index contributed by atoms with van der Waals surface area (Å²) in [4.78, 5) is 26.6. The van der Waals surface area contributed by atoms with Crippen LogP contribution in [-0.2, 0) is 9.59 Å². The summed E-state index contributed by atoms with van der Waals surface area (Å²) in [6, 6.07) is 7.33. The van der Waals surface area contributed by atoms with Crippen LogP contribution in [0.3, 0.4) is 0 Å². The van der Waals surface area contributed by atoms with Gasteiger partial charge in [-0.05, 0) is 31.0 Å². The summed E-state index contributed by atoms with van der Waals surface area (Å²) in [5.74, 6) is 0.512. The Labute approximate surface area is 137 Å². The van der Waals surface area contributed by atoms with E-state index in [1.54, 1.807) is 18.1 Å². The van der Waals surface area contributed by atoms with Crippen LogP contribution in [0.5, 0.6) is 5.75 Å². The number of hydrogen-bond acceptors (Lipinski definition) is 3. The quantitative estimate of drug-likeness (QED) is 0.819. The molecule has 0 unspecified atom stereocenters. The second kappa shape index (κ2) is 7.81. The standard InChI is InChI=1S/C18H24N2O3/c1-4-11-19-18(22)15-9-10-16(21)20(5-2)17(15)13-7-6-8-14(12-13)23-3/h4,6-8,12,15,17H,1,5,9-11H2,2-3H3,(H,19,22)/t15-,17+/m1/s1. The van der Waals surface area contributed by atoms with E-state index in [-0.39, 0.29) is 23.8 Å². The SMILES string of the molecule is C=CCNC(=O)[C@@H]1CCC(=O)N(CC)[C@H]1c1cccc(OC)c1. The van der Waals surface area contributed by atoms with Gasteiger partial charge in [0.05, 0.1) is 19.1 Å². The molecule has 1 fully saturated rings. The Kier molecular flexibility index (Phi) is 5.79. The van der Waals surface area contributed by atoms with Crippen molar-refractivity contribution in [2.75, 3.05) is 20.2 Å². The van der Waals surface area contributed by atoms with E-state index in [1.165, 1.54) is 0 Å². The van der Waals surface area contributed by atoms with Crippen LogP contribution in [0.15, 0.2) is 36.9 Å². The summed E-state index contributed by atoms with van der Waals surface area (Å²) in [6.07, 6.45) is 2.62. The zero-order valence-corrected chi connectivity index (χ0v) is 13.7. The van der Waals surface area contributed by atoms with Crippen LogP contribution in [0.2, 0.25) is 0 Å². The van der Waals surface area contributed by atoms with Crippen molar-refractivity contribution in [3.8, 4) is 5.75 Å². The van der Waals surface area contributed by atoms with Crippen LogP contribution in [0, 0.1) is 5.92 Å². The molecule has 2 atom stereocenters. The van der Waals surface area contributed by atoms with Gasteiger partial charge in [-0.3, -0.25) is 9.59 Å². The Morgan fingerprint density at radius 2 is 2.30 bits per heavy atom. The maximum absolute atomic E-state index is 12.5. The molecule has 1 N–H and O–H groups in total. The molecule has 124 valence electrons. The molecule has 1 aliphatic heterocycles. The van der Waals surface area contributed by atoms with Gasteiger partial charge in [-0.25, -0.2) is 0 Å². The van der Waals surface area contributed by atoms with Crippen molar-refractivity contribution >= 4 is 11.8 Å². The molecule has 0 saturated carbocycles. The molecule has 1 aromatic carbocycles. The van der Waals surface area contributed by atoms with Crippen LogP contribution in [0.25, 0.3) is 0 Å². The van der Waals surface area contributed by atoms with Crippen LogP contribution in [0.1, 0.15) is 31.4 Å². The second-order valence-electron chi connectivity index (χ2n) is 5.58. The zero-order valence-electron chi connectivity index (χ0n) is 13.7. The molecule has 0 bridgehead atoms. The topological polar surface area (TPSA) is 58.6 Å². The van der Waals surface area contributed by atoms with Gasteiger partial charge in [0.15, 0.2) is 0 Å². The van der Waals surface area contributed by atoms with Gasteiger partial charge in [0, 0.05) is 19.5 Å². The molecule has 2 amide bonds. The van der Waals surface area contributed by atoms with E-state index in [9.17, 15) is 9.59 Å². The first-order valence-electron chi connectivity index (χ1n) is 7.94. The van der Waals surface area contributed by atoms with Crippen molar-refractivity contribution in [3.63, 3.8) is 0 Å². The fraction of sp³-hybridized carbons (Fsp3) is 0.444. The number of ether oxygens (including phenoxy) is 1. The van der Waals surface area contributed by atoms with Crippen molar-refractivity contribution in [2.45, 2.75) is 25.8 Å². The van der Waals surface area contributed by atoms with E-state index in [0.717, 1.165) is 11.3 Å². The average Bonchev–Trinajstić information content (AvgIpc) is 2.59. The smallest absolute Gasteiger partial charge is 0.225 e. The van der Waals surface area contributed by atoms with Crippen molar-refractivity contribution in [3.05, 3.63) is 42.5 Å². The highest BCUT2D eigenvalue weighted by Gasteiger charge is 2.39. The van der Waals surface area contributed by atoms with E-state index < -0.39 is 0 Å². The van der Waals surface area contributed by atoms with Gasteiger partial charge in [0.1, 0.15) is 5.75 Å². The highest BCUT2D eigenvalue weighted by molar-refractivity contribution is 5.85. The third kappa shape index (κ3) is 3.73. The Bertz CT molecular complexity index is 585. The maximum atomic E-state index is 12.5. The molecule has 0 aliphatic carbocycles. The van der Waals surface area contributed by atoms with Gasteiger partial charge in [0.25, 0.3) is 0 Å². The molecule has 0 aromatic heterocycles. The van der Waals surface area contributed by atoms with Crippen molar-refractivity contribution in [1.82, 2.24) is 10.2 Å². The molecule has 0 radical (unpaired) electrons. The summed E-state index contributed by atoms with van der Waals surface area (Å²) < 4.78 is 5.28. The van der Waals surface area contributed by atoms with Gasteiger partial charge >= 0.3 is 0 Å².